The van der Waals surface area contributed by atoms with E-state index in [1.54, 1.807) is 95.1 Å². The number of imidazole rings is 4. The standard InChI is InChI=1S/C26H27F3N4O4.C24H25F3N4O5.C24H26F2N4O5.C23H23N5O4/c27-26(28,29)18-6-4-5-17(13-18)23(36)31-24-30-20-14-19(32-11-12-37-15-22(32)35)7-8-21(20)33(24)25(16-34)9-2-1-3-10-25;1-14(6-8-32)31-18-12-20(35-2)19(30-7-9-36-13-21(30)33)11-17(18)28-23(31)29-22(34)15-4-3-5-16(10-15)24(25,26)27;1-14(6-8-31)30-18-12-20(34-2)19(29-7-9-35-13-21(29)32)11-17(18)27-24(30)28-23(33)16-5-3-4-15(10-16)22(25)26;1-15(8-10-29)28-20-7-6-18(27-9-3-11-32-23(27)31)13-19(20)25-22(28)26-21(30)17-5-2-4-16(12-17)14-24/h4-8,13-14,34H,1-3,9-12,15-16H2,(H,30,31,36);3-5,10-12,14,32H,6-9,13H2,1-2H3,(H,28,29,34);3-5,10-12,14,22,31H,6-9,13H2,1-2H3,(H,27,28,33);2,4-7,12-13,15,29H,3,8-11H2,1H3,(H,25,26,30)/t;2*14-;15-/m.111/s1. The van der Waals surface area contributed by atoms with Crippen LogP contribution >= 0.6 is 0 Å². The molecule has 0 spiro atoms. The van der Waals surface area contributed by atoms with Crippen LogP contribution in [-0.2, 0) is 51.2 Å². The van der Waals surface area contributed by atoms with Crippen molar-refractivity contribution >= 4 is 138 Å². The highest BCUT2D eigenvalue weighted by Gasteiger charge is 2.40. The number of anilines is 8. The van der Waals surface area contributed by atoms with Crippen molar-refractivity contribution in [1.82, 2.24) is 38.2 Å². The Kier molecular flexibility index (Phi) is 32.2. The van der Waals surface area contributed by atoms with Crippen LogP contribution in [0.3, 0.4) is 0 Å². The van der Waals surface area contributed by atoms with E-state index in [2.05, 4.69) is 41.2 Å². The molecule has 17 rings (SSSR count). The predicted octanol–water partition coefficient (Wildman–Crippen LogP) is 14.9. The molecule has 5 fully saturated rings. The summed E-state index contributed by atoms with van der Waals surface area (Å²) < 4.78 is 144. The molecule has 3 atom stereocenters. The molecular formula is C97H101F8N17O18. The fraction of sp³-hybridized carbons (Fsp3) is 0.371. The zero-order valence-electron chi connectivity index (χ0n) is 76.6. The maximum Gasteiger partial charge on any atom is 0.416 e. The lowest BCUT2D eigenvalue weighted by molar-refractivity contribution is -0.138. The largest absolute Gasteiger partial charge is 0.494 e. The Morgan fingerprint density at radius 2 is 0.857 bits per heavy atom. The van der Waals surface area contributed by atoms with Crippen LogP contribution in [-0.4, -0.2) is 219 Å². The predicted molar refractivity (Wildman–Crippen MR) is 500 cm³/mol. The van der Waals surface area contributed by atoms with E-state index >= 15 is 0 Å². The van der Waals surface area contributed by atoms with Gasteiger partial charge >= 0.3 is 18.4 Å². The first-order valence-corrected chi connectivity index (χ1v) is 45.0. The number of nitrogens with one attached hydrogen (secondary N) is 4. The first kappa shape index (κ1) is 101. The van der Waals surface area contributed by atoms with Crippen molar-refractivity contribution in [1.29, 1.82) is 5.26 Å². The Morgan fingerprint density at radius 3 is 1.29 bits per heavy atom. The highest BCUT2D eigenvalue weighted by Crippen LogP contribution is 2.44. The number of fused-ring (bicyclic) bond motifs is 4. The number of morpholine rings is 3. The zero-order valence-corrected chi connectivity index (χ0v) is 76.6. The third-order valence-electron chi connectivity index (χ3n) is 24.4. The Morgan fingerprint density at radius 1 is 0.457 bits per heavy atom. The summed E-state index contributed by atoms with van der Waals surface area (Å²) in [5.74, 6) is -1.59. The van der Waals surface area contributed by atoms with Gasteiger partial charge in [-0.2, -0.15) is 31.6 Å². The molecule has 1 aliphatic carbocycles. The van der Waals surface area contributed by atoms with Gasteiger partial charge in [-0.15, -0.1) is 0 Å². The number of ether oxygens (including phenoxy) is 6. The van der Waals surface area contributed by atoms with Gasteiger partial charge in [0.15, 0.2) is 0 Å². The van der Waals surface area contributed by atoms with Gasteiger partial charge in [-0.25, -0.2) is 33.5 Å². The molecule has 0 radical (unpaired) electrons. The van der Waals surface area contributed by atoms with Gasteiger partial charge in [0, 0.05) is 115 Å². The van der Waals surface area contributed by atoms with Crippen molar-refractivity contribution in [2.45, 2.75) is 121 Å². The number of alkyl halides is 8. The summed E-state index contributed by atoms with van der Waals surface area (Å²) in [6.45, 7) is 8.22. The van der Waals surface area contributed by atoms with Gasteiger partial charge in [-0.05, 0) is 175 Å². The van der Waals surface area contributed by atoms with Crippen molar-refractivity contribution in [3.05, 3.63) is 202 Å². The van der Waals surface area contributed by atoms with E-state index in [4.69, 9.17) is 33.7 Å². The summed E-state index contributed by atoms with van der Waals surface area (Å²) in [5.41, 5.74) is 4.50. The quantitative estimate of drug-likeness (QED) is 0.0233. The number of aliphatic hydroxyl groups is 4. The van der Waals surface area contributed by atoms with Crippen LogP contribution in [0.1, 0.15) is 167 Å². The number of aromatic nitrogens is 8. The first-order chi connectivity index (χ1) is 67.2. The second-order valence-electron chi connectivity index (χ2n) is 33.6. The molecule has 1 saturated carbocycles. The number of carbonyl (C=O) groups is 8. The first-order valence-electron chi connectivity index (χ1n) is 45.0. The second kappa shape index (κ2) is 44.5. The third kappa shape index (κ3) is 22.7. The maximum absolute atomic E-state index is 13.2. The molecule has 140 heavy (non-hydrogen) atoms. The number of hydrogen-bond donors (Lipinski definition) is 8. The van der Waals surface area contributed by atoms with Crippen molar-refractivity contribution in [2.75, 3.05) is 154 Å². The van der Waals surface area contributed by atoms with E-state index in [0.717, 1.165) is 67.6 Å². The van der Waals surface area contributed by atoms with Gasteiger partial charge in [0.1, 0.15) is 31.3 Å². The topological polar surface area (TPSA) is 429 Å². The van der Waals surface area contributed by atoms with Gasteiger partial charge in [0.2, 0.25) is 23.8 Å². The number of nitriles is 1. The minimum Gasteiger partial charge on any atom is -0.494 e. The van der Waals surface area contributed by atoms with Crippen molar-refractivity contribution < 1.29 is 122 Å². The van der Waals surface area contributed by atoms with Crippen LogP contribution in [0.2, 0.25) is 0 Å². The molecule has 0 bridgehead atoms. The van der Waals surface area contributed by atoms with E-state index in [1.807, 2.05) is 43.5 Å². The summed E-state index contributed by atoms with van der Waals surface area (Å²) in [4.78, 5) is 126. The Bertz CT molecular complexity index is 6650. The Balaban J connectivity index is 0.000000149. The normalized spacial score (nSPS) is 15.9. The maximum atomic E-state index is 13.2. The summed E-state index contributed by atoms with van der Waals surface area (Å²) in [6, 6.07) is 38.7. The molecule has 4 aliphatic heterocycles. The van der Waals surface area contributed by atoms with Crippen LogP contribution in [0.4, 0.5) is 86.5 Å². The monoisotopic (exact) mass is 1940 g/mol. The molecule has 4 saturated heterocycles. The zero-order chi connectivity index (χ0) is 100. The van der Waals surface area contributed by atoms with Crippen LogP contribution in [0.15, 0.2) is 158 Å². The molecule has 4 aromatic heterocycles. The second-order valence-corrected chi connectivity index (χ2v) is 33.6. The number of aliphatic hydroxyl groups excluding tert-OH is 4. The lowest BCUT2D eigenvalue weighted by Crippen LogP contribution is -2.41. The molecule has 8 amide bonds. The van der Waals surface area contributed by atoms with E-state index in [1.165, 1.54) is 61.6 Å². The lowest BCUT2D eigenvalue weighted by Gasteiger charge is -2.38. The Labute approximate surface area is 795 Å². The van der Waals surface area contributed by atoms with E-state index in [0.29, 0.717) is 175 Å². The molecule has 8 N–H and O–H groups in total. The molecule has 43 heteroatoms. The number of cyclic esters (lactones) is 1. The van der Waals surface area contributed by atoms with Crippen LogP contribution in [0, 0.1) is 11.3 Å². The van der Waals surface area contributed by atoms with Gasteiger partial charge in [-0.3, -0.25) is 59.7 Å². The minimum atomic E-state index is -4.59. The summed E-state index contributed by atoms with van der Waals surface area (Å²) >= 11 is 0. The highest BCUT2D eigenvalue weighted by molar-refractivity contribution is 6.09. The summed E-state index contributed by atoms with van der Waals surface area (Å²) in [6.07, 6.45) is -6.27. The van der Waals surface area contributed by atoms with Gasteiger partial charge in [-0.1, -0.05) is 49.6 Å². The summed E-state index contributed by atoms with van der Waals surface area (Å²) in [5, 5.41) is 58.9. The average Bonchev–Trinajstić information content (AvgIpc) is 1.58. The van der Waals surface area contributed by atoms with E-state index < -0.39 is 65.2 Å². The van der Waals surface area contributed by atoms with Gasteiger partial charge < -0.3 is 81.8 Å². The fourth-order valence-corrected chi connectivity index (χ4v) is 17.3. The molecule has 738 valence electrons. The molecule has 5 aliphatic rings. The van der Waals surface area contributed by atoms with Crippen LogP contribution in [0.25, 0.3) is 44.1 Å². The number of carbonyl (C=O) groups excluding carboxylic acids is 8. The van der Waals surface area contributed by atoms with Crippen molar-refractivity contribution in [2.24, 2.45) is 0 Å². The van der Waals surface area contributed by atoms with Crippen molar-refractivity contribution in [3.63, 3.8) is 0 Å². The van der Waals surface area contributed by atoms with Gasteiger partial charge in [0.25, 0.3) is 47.8 Å². The van der Waals surface area contributed by atoms with Crippen molar-refractivity contribution in [3.8, 4) is 17.6 Å². The lowest BCUT2D eigenvalue weighted by atomic mass is 9.82. The number of methoxy groups -OCH3 is 2. The number of halogens is 8. The highest BCUT2D eigenvalue weighted by atomic mass is 19.4. The third-order valence-corrected chi connectivity index (χ3v) is 24.4. The van der Waals surface area contributed by atoms with Crippen LogP contribution in [0.5, 0.6) is 11.5 Å². The smallest absolute Gasteiger partial charge is 0.416 e. The number of benzene rings is 8. The molecule has 12 aromatic rings. The molecule has 8 heterocycles. The number of amides is 8. The van der Waals surface area contributed by atoms with E-state index in [-0.39, 0.29) is 122 Å². The number of hydrogen-bond acceptors (Lipinski definition) is 23. The Hall–Kier alpha value is -14.6. The minimum absolute atomic E-state index is 0.0155. The molecular weight excluding hydrogens is 1840 g/mol. The molecule has 35 nitrogen and oxygen atoms in total. The average molecular weight is 1940 g/mol. The number of rotatable bonds is 26. The fourth-order valence-electron chi connectivity index (χ4n) is 17.3. The van der Waals surface area contributed by atoms with Crippen LogP contribution < -0.4 is 50.3 Å². The SMILES string of the molecule is COc1cc2c(cc1N1CCOCC1=O)nc(NC(=O)c1cccc(C(F)(F)F)c1)n2[C@H](C)CCO.COc1cc2c(cc1N1CCOCC1=O)nc(NC(=O)c1cccc(C(F)F)c1)n2[C@H](C)CCO.C[C@H](CCO)n1c(NC(=O)c2cccc(C#N)c2)nc2cc(N3CCCOC3=O)ccc21.O=C(Nc1nc2cc(N3CCOCC3=O)ccc2n1C1(CO)CCCCC1)c1cccc(C(F)(F)F)c1. The van der Waals surface area contributed by atoms with E-state index in [9.17, 15) is 93.9 Å². The van der Waals surface area contributed by atoms with Gasteiger partial charge in [0.05, 0.1) is 131 Å². The number of nitrogens with zero attached hydrogens (tertiary/aromatic N) is 13. The molecule has 0 unspecified atom stereocenters. The summed E-state index contributed by atoms with van der Waals surface area (Å²) in [7, 11) is 2.95. The molecule has 8 aromatic carbocycles.